The summed E-state index contributed by atoms with van der Waals surface area (Å²) in [5.41, 5.74) is 0.495. The zero-order chi connectivity index (χ0) is 15.4. The first kappa shape index (κ1) is 15.5. The van der Waals surface area contributed by atoms with Gasteiger partial charge in [-0.2, -0.15) is 0 Å². The van der Waals surface area contributed by atoms with E-state index in [-0.39, 0.29) is 18.9 Å². The van der Waals surface area contributed by atoms with Crippen molar-refractivity contribution in [2.75, 3.05) is 6.54 Å². The third-order valence-electron chi connectivity index (χ3n) is 3.05. The van der Waals surface area contributed by atoms with Gasteiger partial charge in [0, 0.05) is 23.0 Å². The highest BCUT2D eigenvalue weighted by molar-refractivity contribution is 9.10. The molecule has 2 aromatic carbocycles. The molecule has 2 rings (SSSR count). The van der Waals surface area contributed by atoms with Crippen molar-refractivity contribution >= 4 is 38.6 Å². The second-order valence-electron chi connectivity index (χ2n) is 4.60. The Bertz CT molecular complexity index is 686. The number of benzene rings is 2. The van der Waals surface area contributed by atoms with Crippen molar-refractivity contribution < 1.29 is 19.8 Å². The molecule has 0 heterocycles. The summed E-state index contributed by atoms with van der Waals surface area (Å²) < 4.78 is 0.967. The van der Waals surface area contributed by atoms with Gasteiger partial charge in [-0.15, -0.1) is 0 Å². The Morgan fingerprint density at radius 2 is 1.81 bits per heavy atom. The number of hydrogen-bond donors (Lipinski definition) is 3. The van der Waals surface area contributed by atoms with E-state index in [1.165, 1.54) is 0 Å². The molecule has 21 heavy (non-hydrogen) atoms. The summed E-state index contributed by atoms with van der Waals surface area (Å²) in [6.45, 7) is 0.102. The molecule has 0 aliphatic carbocycles. The molecule has 0 saturated carbocycles. The van der Waals surface area contributed by atoms with E-state index in [2.05, 4.69) is 21.2 Å². The van der Waals surface area contributed by atoms with Gasteiger partial charge in [0.2, 0.25) is 0 Å². The van der Waals surface area contributed by atoms with E-state index in [4.69, 9.17) is 10.2 Å². The fourth-order valence-corrected chi connectivity index (χ4v) is 2.28. The monoisotopic (exact) mass is 351 g/mol. The fraction of sp³-hybridized carbons (Fsp3) is 0.200. The van der Waals surface area contributed by atoms with Crippen LogP contribution in [0.3, 0.4) is 0 Å². The molecule has 0 aliphatic heterocycles. The molecule has 2 aromatic rings. The van der Waals surface area contributed by atoms with E-state index >= 15 is 0 Å². The molecule has 0 aliphatic rings. The van der Waals surface area contributed by atoms with Gasteiger partial charge in [-0.3, -0.25) is 4.79 Å². The molecule has 0 bridgehead atoms. The Hall–Kier alpha value is -1.92. The minimum absolute atomic E-state index is 0.0262. The van der Waals surface area contributed by atoms with Gasteiger partial charge in [-0.05, 0) is 35.0 Å². The van der Waals surface area contributed by atoms with Crippen molar-refractivity contribution in [1.29, 1.82) is 0 Å². The molecule has 1 atom stereocenters. The number of halogens is 1. The summed E-state index contributed by atoms with van der Waals surface area (Å²) in [5, 5.41) is 22.2. The number of fused-ring (bicyclic) bond motifs is 1. The van der Waals surface area contributed by atoms with E-state index in [1.807, 2.05) is 24.3 Å². The molecule has 0 spiro atoms. The van der Waals surface area contributed by atoms with Crippen LogP contribution in [0.1, 0.15) is 16.8 Å². The highest BCUT2D eigenvalue weighted by Gasteiger charge is 2.13. The average molecular weight is 352 g/mol. The number of nitrogens with one attached hydrogen (secondary N) is 1. The molecule has 0 saturated heterocycles. The standard InChI is InChI=1S/C15H14BrNO4/c16-12-4-3-9-7-11(2-1-10(9)8-12)14(19)17-6-5-13(18)15(20)21/h1-4,7-8,13,18H,5-6H2,(H,17,19)(H,20,21)/t13-/m0/s1. The van der Waals surface area contributed by atoms with Crippen LogP contribution < -0.4 is 5.32 Å². The minimum atomic E-state index is -1.46. The first-order valence-corrected chi connectivity index (χ1v) is 7.15. The second kappa shape index (κ2) is 6.69. The number of carboxylic acids is 1. The van der Waals surface area contributed by atoms with Crippen LogP contribution >= 0.6 is 15.9 Å². The molecule has 0 radical (unpaired) electrons. The number of hydrogen-bond acceptors (Lipinski definition) is 3. The van der Waals surface area contributed by atoms with Crippen molar-refractivity contribution in [3.63, 3.8) is 0 Å². The van der Waals surface area contributed by atoms with Gasteiger partial charge in [0.05, 0.1) is 0 Å². The molecule has 110 valence electrons. The van der Waals surface area contributed by atoms with Crippen LogP contribution in [0.4, 0.5) is 0 Å². The number of amides is 1. The van der Waals surface area contributed by atoms with Crippen LogP contribution in [0.15, 0.2) is 40.9 Å². The number of carbonyl (C=O) groups is 2. The van der Waals surface area contributed by atoms with E-state index < -0.39 is 12.1 Å². The van der Waals surface area contributed by atoms with Crippen molar-refractivity contribution in [3.8, 4) is 0 Å². The first-order valence-electron chi connectivity index (χ1n) is 6.36. The number of aliphatic carboxylic acids is 1. The predicted octanol–water partition coefficient (Wildman–Crippen LogP) is 2.17. The summed E-state index contributed by atoms with van der Waals surface area (Å²) in [7, 11) is 0. The van der Waals surface area contributed by atoms with Crippen molar-refractivity contribution in [2.45, 2.75) is 12.5 Å². The predicted molar refractivity (Wildman–Crippen MR) is 82.2 cm³/mol. The first-order chi connectivity index (χ1) is 9.97. The van der Waals surface area contributed by atoms with Gasteiger partial charge in [0.1, 0.15) is 0 Å². The van der Waals surface area contributed by atoms with Gasteiger partial charge in [-0.1, -0.05) is 28.1 Å². The van der Waals surface area contributed by atoms with Gasteiger partial charge >= 0.3 is 5.97 Å². The quantitative estimate of drug-likeness (QED) is 0.770. The van der Waals surface area contributed by atoms with E-state index in [0.717, 1.165) is 15.2 Å². The maximum Gasteiger partial charge on any atom is 0.332 e. The maximum absolute atomic E-state index is 12.0. The van der Waals surface area contributed by atoms with Crippen LogP contribution in [0, 0.1) is 0 Å². The molecule has 0 aromatic heterocycles. The lowest BCUT2D eigenvalue weighted by molar-refractivity contribution is -0.146. The Morgan fingerprint density at radius 1 is 1.14 bits per heavy atom. The van der Waals surface area contributed by atoms with E-state index in [9.17, 15) is 9.59 Å². The zero-order valence-electron chi connectivity index (χ0n) is 11.0. The zero-order valence-corrected chi connectivity index (χ0v) is 12.6. The molecule has 5 nitrogen and oxygen atoms in total. The normalized spacial score (nSPS) is 12.1. The van der Waals surface area contributed by atoms with Gasteiger partial charge in [0.25, 0.3) is 5.91 Å². The highest BCUT2D eigenvalue weighted by atomic mass is 79.9. The molecular formula is C15H14BrNO4. The largest absolute Gasteiger partial charge is 0.479 e. The Morgan fingerprint density at radius 3 is 2.52 bits per heavy atom. The lowest BCUT2D eigenvalue weighted by Gasteiger charge is -2.08. The molecule has 6 heteroatoms. The number of rotatable bonds is 5. The third-order valence-corrected chi connectivity index (χ3v) is 3.55. The number of carbonyl (C=O) groups excluding carboxylic acids is 1. The third kappa shape index (κ3) is 4.03. The Labute approximate surface area is 129 Å². The van der Waals surface area contributed by atoms with Crippen molar-refractivity contribution in [2.24, 2.45) is 0 Å². The highest BCUT2D eigenvalue weighted by Crippen LogP contribution is 2.20. The summed E-state index contributed by atoms with van der Waals surface area (Å²) in [4.78, 5) is 22.4. The average Bonchev–Trinajstić information content (AvgIpc) is 2.46. The topological polar surface area (TPSA) is 86.6 Å². The van der Waals surface area contributed by atoms with Crippen LogP contribution in [-0.4, -0.2) is 34.7 Å². The van der Waals surface area contributed by atoms with Crippen molar-refractivity contribution in [3.05, 3.63) is 46.4 Å². The van der Waals surface area contributed by atoms with Gasteiger partial charge in [-0.25, -0.2) is 4.79 Å². The number of carboxylic acid groups (broad SMARTS) is 1. The summed E-state index contributed by atoms with van der Waals surface area (Å²) >= 11 is 3.39. The van der Waals surface area contributed by atoms with Crippen LogP contribution in [0.25, 0.3) is 10.8 Å². The number of aliphatic hydroxyl groups excluding tert-OH is 1. The molecular weight excluding hydrogens is 338 g/mol. The second-order valence-corrected chi connectivity index (χ2v) is 5.52. The lowest BCUT2D eigenvalue weighted by atomic mass is 10.1. The smallest absolute Gasteiger partial charge is 0.332 e. The van der Waals surface area contributed by atoms with Gasteiger partial charge < -0.3 is 15.5 Å². The maximum atomic E-state index is 12.0. The Kier molecular flexibility index (Phi) is 4.93. The lowest BCUT2D eigenvalue weighted by Crippen LogP contribution is -2.30. The van der Waals surface area contributed by atoms with Crippen LogP contribution in [-0.2, 0) is 4.79 Å². The molecule has 0 unspecified atom stereocenters. The van der Waals surface area contributed by atoms with E-state index in [1.54, 1.807) is 12.1 Å². The van der Waals surface area contributed by atoms with Crippen LogP contribution in [0.5, 0.6) is 0 Å². The van der Waals surface area contributed by atoms with Crippen LogP contribution in [0.2, 0.25) is 0 Å². The molecule has 0 fully saturated rings. The van der Waals surface area contributed by atoms with Crippen molar-refractivity contribution in [1.82, 2.24) is 5.32 Å². The molecule has 3 N–H and O–H groups in total. The number of aliphatic hydroxyl groups is 1. The SMILES string of the molecule is O=C(NCC[C@H](O)C(=O)O)c1ccc2cc(Br)ccc2c1. The van der Waals surface area contributed by atoms with Gasteiger partial charge in [0.15, 0.2) is 6.10 Å². The summed E-state index contributed by atoms with van der Waals surface area (Å²) in [6, 6.07) is 11.1. The molecule has 1 amide bonds. The summed E-state index contributed by atoms with van der Waals surface area (Å²) in [5.74, 6) is -1.59. The minimum Gasteiger partial charge on any atom is -0.479 e. The van der Waals surface area contributed by atoms with E-state index in [0.29, 0.717) is 5.56 Å². The Balaban J connectivity index is 2.02. The summed E-state index contributed by atoms with van der Waals surface area (Å²) in [6.07, 6.45) is -1.49. The fourth-order valence-electron chi connectivity index (χ4n) is 1.91.